The summed E-state index contributed by atoms with van der Waals surface area (Å²) < 4.78 is 7.54. The summed E-state index contributed by atoms with van der Waals surface area (Å²) in [7, 11) is 0. The number of carbonyl (C=O) groups excluding carboxylic acids is 1. The third-order valence-electron chi connectivity index (χ3n) is 4.82. The predicted molar refractivity (Wildman–Crippen MR) is 85.8 cm³/mol. The first-order valence-electron chi connectivity index (χ1n) is 8.68. The summed E-state index contributed by atoms with van der Waals surface area (Å²) >= 11 is 0. The lowest BCUT2D eigenvalue weighted by molar-refractivity contribution is -0.140. The van der Waals surface area contributed by atoms with Gasteiger partial charge in [0.1, 0.15) is 12.7 Å². The molecule has 0 unspecified atom stereocenters. The summed E-state index contributed by atoms with van der Waals surface area (Å²) in [6.07, 6.45) is 6.85. The van der Waals surface area contributed by atoms with Crippen molar-refractivity contribution in [3.63, 3.8) is 0 Å². The van der Waals surface area contributed by atoms with E-state index in [0.29, 0.717) is 19.1 Å². The van der Waals surface area contributed by atoms with E-state index in [1.54, 1.807) is 12.7 Å². The molecule has 1 aromatic rings. The Morgan fingerprint density at radius 3 is 3.04 bits per heavy atom. The molecule has 2 aliphatic rings. The number of hydrogen-bond donors (Lipinski definition) is 0. The fourth-order valence-corrected chi connectivity index (χ4v) is 3.52. The molecule has 0 N–H and O–H groups in total. The molecule has 1 aromatic heterocycles. The molecular formula is C16H27N5O2. The summed E-state index contributed by atoms with van der Waals surface area (Å²) in [6.45, 7) is 7.65. The first-order valence-corrected chi connectivity index (χ1v) is 8.68. The number of aromatic nitrogens is 3. The van der Waals surface area contributed by atoms with Crippen molar-refractivity contribution < 1.29 is 9.53 Å². The summed E-state index contributed by atoms with van der Waals surface area (Å²) in [4.78, 5) is 20.8. The zero-order valence-corrected chi connectivity index (χ0v) is 13.9. The quantitative estimate of drug-likeness (QED) is 0.796. The lowest BCUT2D eigenvalue weighted by atomic mass is 9.98. The van der Waals surface area contributed by atoms with Crippen molar-refractivity contribution in [2.75, 3.05) is 39.3 Å². The number of morpholine rings is 1. The summed E-state index contributed by atoms with van der Waals surface area (Å²) in [5, 5.41) is 4.19. The minimum absolute atomic E-state index is 0.203. The van der Waals surface area contributed by atoms with E-state index >= 15 is 0 Å². The van der Waals surface area contributed by atoms with Crippen LogP contribution in [0.3, 0.4) is 0 Å². The smallest absolute Gasteiger partial charge is 0.236 e. The van der Waals surface area contributed by atoms with Gasteiger partial charge >= 0.3 is 0 Å². The largest absolute Gasteiger partial charge is 0.375 e. The van der Waals surface area contributed by atoms with Crippen molar-refractivity contribution in [3.8, 4) is 0 Å². The lowest BCUT2D eigenvalue weighted by Gasteiger charge is -2.36. The van der Waals surface area contributed by atoms with Crippen LogP contribution in [0.1, 0.15) is 26.2 Å². The fraction of sp³-hybridized carbons (Fsp3) is 0.812. The van der Waals surface area contributed by atoms with Crippen molar-refractivity contribution in [3.05, 3.63) is 12.7 Å². The minimum atomic E-state index is 0.203. The van der Waals surface area contributed by atoms with Crippen LogP contribution in [0.25, 0.3) is 0 Å². The molecule has 0 spiro atoms. The normalized spacial score (nSPS) is 26.4. The van der Waals surface area contributed by atoms with Gasteiger partial charge in [0, 0.05) is 26.2 Å². The van der Waals surface area contributed by atoms with E-state index in [0.717, 1.165) is 45.6 Å². The van der Waals surface area contributed by atoms with Crippen molar-refractivity contribution in [1.29, 1.82) is 0 Å². The Balaban J connectivity index is 1.48. The topological polar surface area (TPSA) is 63.5 Å². The molecule has 0 aromatic carbocycles. The van der Waals surface area contributed by atoms with Crippen LogP contribution in [0.5, 0.6) is 0 Å². The van der Waals surface area contributed by atoms with E-state index < -0.39 is 0 Å². The Kier molecular flexibility index (Phi) is 5.61. The Morgan fingerprint density at radius 2 is 2.26 bits per heavy atom. The monoisotopic (exact) mass is 321 g/mol. The van der Waals surface area contributed by atoms with Crippen LogP contribution < -0.4 is 0 Å². The number of rotatable bonds is 5. The zero-order chi connectivity index (χ0) is 16.1. The van der Waals surface area contributed by atoms with Crippen LogP contribution in [0.15, 0.2) is 12.7 Å². The second-order valence-corrected chi connectivity index (χ2v) is 6.60. The number of ether oxygens (including phenoxy) is 1. The molecule has 3 heterocycles. The highest BCUT2D eigenvalue weighted by atomic mass is 16.5. The number of hydrogen-bond acceptors (Lipinski definition) is 5. The molecule has 3 rings (SSSR count). The average Bonchev–Trinajstić information content (AvgIpc) is 3.08. The van der Waals surface area contributed by atoms with Gasteiger partial charge in [-0.05, 0) is 31.7 Å². The lowest BCUT2D eigenvalue weighted by Crippen LogP contribution is -2.50. The van der Waals surface area contributed by atoms with Gasteiger partial charge in [0.15, 0.2) is 0 Å². The summed E-state index contributed by atoms with van der Waals surface area (Å²) in [6, 6.07) is 0. The highest BCUT2D eigenvalue weighted by Gasteiger charge is 2.27. The van der Waals surface area contributed by atoms with Crippen molar-refractivity contribution in [2.45, 2.75) is 38.8 Å². The molecule has 0 saturated carbocycles. The number of amides is 1. The van der Waals surface area contributed by atoms with Gasteiger partial charge < -0.3 is 9.64 Å². The van der Waals surface area contributed by atoms with E-state index in [1.807, 2.05) is 9.58 Å². The van der Waals surface area contributed by atoms with E-state index in [1.165, 1.54) is 6.42 Å². The van der Waals surface area contributed by atoms with E-state index in [4.69, 9.17) is 4.74 Å². The first kappa shape index (κ1) is 16.4. The van der Waals surface area contributed by atoms with Crippen LogP contribution in [-0.2, 0) is 16.1 Å². The van der Waals surface area contributed by atoms with Crippen LogP contribution in [0.2, 0.25) is 0 Å². The molecule has 2 atom stereocenters. The van der Waals surface area contributed by atoms with Gasteiger partial charge in [0.25, 0.3) is 0 Å². The van der Waals surface area contributed by atoms with Gasteiger partial charge in [-0.2, -0.15) is 5.10 Å². The first-order chi connectivity index (χ1) is 11.2. The van der Waals surface area contributed by atoms with Crippen LogP contribution in [0.4, 0.5) is 0 Å². The number of carbonyl (C=O) groups is 1. The van der Waals surface area contributed by atoms with Gasteiger partial charge in [0.2, 0.25) is 5.91 Å². The molecule has 2 fully saturated rings. The van der Waals surface area contributed by atoms with Gasteiger partial charge in [-0.1, -0.05) is 6.92 Å². The van der Waals surface area contributed by atoms with Gasteiger partial charge in [-0.15, -0.1) is 0 Å². The molecule has 2 aliphatic heterocycles. The molecule has 23 heavy (non-hydrogen) atoms. The highest BCUT2D eigenvalue weighted by Crippen LogP contribution is 2.18. The molecule has 2 saturated heterocycles. The second-order valence-electron chi connectivity index (χ2n) is 6.60. The highest BCUT2D eigenvalue weighted by molar-refractivity contribution is 5.78. The third kappa shape index (κ3) is 4.51. The molecule has 0 aliphatic carbocycles. The van der Waals surface area contributed by atoms with Crippen molar-refractivity contribution in [1.82, 2.24) is 24.6 Å². The maximum atomic E-state index is 12.6. The van der Waals surface area contributed by atoms with E-state index in [-0.39, 0.29) is 12.0 Å². The van der Waals surface area contributed by atoms with Crippen LogP contribution >= 0.6 is 0 Å². The van der Waals surface area contributed by atoms with Crippen molar-refractivity contribution in [2.24, 2.45) is 5.92 Å². The Labute approximate surface area is 137 Å². The van der Waals surface area contributed by atoms with Crippen LogP contribution in [0, 0.1) is 5.92 Å². The second kappa shape index (κ2) is 7.88. The maximum absolute atomic E-state index is 12.6. The fourth-order valence-electron chi connectivity index (χ4n) is 3.52. The summed E-state index contributed by atoms with van der Waals surface area (Å²) in [5.74, 6) is 0.791. The molecule has 0 bridgehead atoms. The predicted octanol–water partition coefficient (Wildman–Crippen LogP) is 0.627. The SMILES string of the molecule is CC[C@@H]1CN(C(=O)CN2CCC[C@@H](Cn3cncn3)C2)CCO1. The standard InChI is InChI=1S/C16H27N5O2/c1-2-15-10-20(6-7-23-15)16(22)11-19-5-3-4-14(8-19)9-21-13-17-12-18-21/h12-15H,2-11H2,1H3/t14-,15-/m1/s1. The molecule has 128 valence electrons. The van der Waals surface area contributed by atoms with Gasteiger partial charge in [-0.25, -0.2) is 4.98 Å². The maximum Gasteiger partial charge on any atom is 0.236 e. The van der Waals surface area contributed by atoms with Crippen molar-refractivity contribution >= 4 is 5.91 Å². The third-order valence-corrected chi connectivity index (χ3v) is 4.82. The Hall–Kier alpha value is -1.47. The zero-order valence-electron chi connectivity index (χ0n) is 13.9. The molecular weight excluding hydrogens is 294 g/mol. The molecule has 0 radical (unpaired) electrons. The average molecular weight is 321 g/mol. The molecule has 1 amide bonds. The number of likely N-dealkylation sites (tertiary alicyclic amines) is 1. The molecule has 7 heteroatoms. The van der Waals surface area contributed by atoms with E-state index in [2.05, 4.69) is 21.9 Å². The Bertz CT molecular complexity index is 493. The van der Waals surface area contributed by atoms with Gasteiger partial charge in [-0.3, -0.25) is 14.4 Å². The van der Waals surface area contributed by atoms with E-state index in [9.17, 15) is 4.79 Å². The molecule has 7 nitrogen and oxygen atoms in total. The number of piperidine rings is 1. The van der Waals surface area contributed by atoms with Crippen LogP contribution in [-0.4, -0.2) is 75.9 Å². The Morgan fingerprint density at radius 1 is 1.35 bits per heavy atom. The minimum Gasteiger partial charge on any atom is -0.375 e. The van der Waals surface area contributed by atoms with Gasteiger partial charge in [0.05, 0.1) is 19.3 Å². The number of nitrogens with zero attached hydrogens (tertiary/aromatic N) is 5. The summed E-state index contributed by atoms with van der Waals surface area (Å²) in [5.41, 5.74) is 0.